The van der Waals surface area contributed by atoms with Gasteiger partial charge in [-0.2, -0.15) is 0 Å². The average molecular weight is 248 g/mol. The number of hydrogen-bond donors (Lipinski definition) is 2. The molecule has 1 fully saturated rings. The number of ether oxygens (including phenoxy) is 1. The Kier molecular flexibility index (Phi) is 4.59. The molecular weight excluding hydrogens is 228 g/mol. The molecule has 1 aromatic rings. The van der Waals surface area contributed by atoms with Crippen LogP contribution in [0.3, 0.4) is 0 Å². The first-order valence-electron chi connectivity index (χ1n) is 6.42. The predicted octanol–water partition coefficient (Wildman–Crippen LogP) is 1.42. The van der Waals surface area contributed by atoms with Gasteiger partial charge in [0.05, 0.1) is 7.11 Å². The zero-order chi connectivity index (χ0) is 12.8. The molecule has 1 saturated heterocycles. The number of hydrogen-bond acceptors (Lipinski definition) is 3. The molecule has 1 heterocycles. The van der Waals surface area contributed by atoms with Crippen molar-refractivity contribution in [1.29, 1.82) is 0 Å². The molecule has 1 aliphatic rings. The minimum Gasteiger partial charge on any atom is -0.497 e. The van der Waals surface area contributed by atoms with Gasteiger partial charge in [0.1, 0.15) is 5.75 Å². The van der Waals surface area contributed by atoms with Gasteiger partial charge in [0.2, 0.25) is 0 Å². The number of carbonyl (C=O) groups excluding carboxylic acids is 1. The quantitative estimate of drug-likeness (QED) is 0.828. The van der Waals surface area contributed by atoms with E-state index >= 15 is 0 Å². The van der Waals surface area contributed by atoms with Crippen molar-refractivity contribution >= 4 is 5.91 Å². The Morgan fingerprint density at radius 2 is 2.44 bits per heavy atom. The van der Waals surface area contributed by atoms with E-state index in [0.29, 0.717) is 17.2 Å². The summed E-state index contributed by atoms with van der Waals surface area (Å²) in [6, 6.07) is 7.22. The maximum Gasteiger partial charge on any atom is 0.251 e. The minimum atomic E-state index is -0.0279. The second-order valence-electron chi connectivity index (χ2n) is 4.64. The first kappa shape index (κ1) is 12.9. The highest BCUT2D eigenvalue weighted by molar-refractivity contribution is 5.94. The van der Waals surface area contributed by atoms with Crippen molar-refractivity contribution in [2.24, 2.45) is 5.92 Å². The molecular formula is C14H20N2O2. The maximum absolute atomic E-state index is 11.9. The van der Waals surface area contributed by atoms with Gasteiger partial charge in [0.15, 0.2) is 0 Å². The smallest absolute Gasteiger partial charge is 0.251 e. The lowest BCUT2D eigenvalue weighted by Crippen LogP contribution is -2.26. The Hall–Kier alpha value is -1.55. The summed E-state index contributed by atoms with van der Waals surface area (Å²) in [5, 5.41) is 6.28. The highest BCUT2D eigenvalue weighted by Gasteiger charge is 2.14. The van der Waals surface area contributed by atoms with Gasteiger partial charge in [-0.3, -0.25) is 4.79 Å². The minimum absolute atomic E-state index is 0.0279. The fourth-order valence-electron chi connectivity index (χ4n) is 2.22. The number of nitrogens with one attached hydrogen (secondary N) is 2. The third-order valence-electron chi connectivity index (χ3n) is 3.33. The summed E-state index contributed by atoms with van der Waals surface area (Å²) in [4.78, 5) is 11.9. The van der Waals surface area contributed by atoms with Crippen LogP contribution in [0.1, 0.15) is 23.2 Å². The topological polar surface area (TPSA) is 50.4 Å². The van der Waals surface area contributed by atoms with Crippen LogP contribution in [0.15, 0.2) is 24.3 Å². The van der Waals surface area contributed by atoms with Crippen molar-refractivity contribution in [2.75, 3.05) is 26.7 Å². The molecule has 1 aliphatic heterocycles. The van der Waals surface area contributed by atoms with Crippen molar-refractivity contribution in [2.45, 2.75) is 12.8 Å². The summed E-state index contributed by atoms with van der Waals surface area (Å²) in [6.45, 7) is 2.92. The Balaban J connectivity index is 1.79. The van der Waals surface area contributed by atoms with Crippen LogP contribution in [0.2, 0.25) is 0 Å². The molecule has 1 atom stereocenters. The molecule has 0 aliphatic carbocycles. The SMILES string of the molecule is COc1cccc(C(=O)NCCC2CCNC2)c1. The summed E-state index contributed by atoms with van der Waals surface area (Å²) in [5.74, 6) is 1.39. The summed E-state index contributed by atoms with van der Waals surface area (Å²) in [5.41, 5.74) is 0.652. The molecule has 98 valence electrons. The molecule has 2 N–H and O–H groups in total. The fraction of sp³-hybridized carbons (Fsp3) is 0.500. The maximum atomic E-state index is 11.9. The van der Waals surface area contributed by atoms with Gasteiger partial charge in [-0.15, -0.1) is 0 Å². The molecule has 4 heteroatoms. The predicted molar refractivity (Wildman–Crippen MR) is 70.9 cm³/mol. The first-order valence-corrected chi connectivity index (χ1v) is 6.42. The van der Waals surface area contributed by atoms with Crippen molar-refractivity contribution in [3.63, 3.8) is 0 Å². The second kappa shape index (κ2) is 6.40. The van der Waals surface area contributed by atoms with E-state index in [0.717, 1.165) is 26.1 Å². The average Bonchev–Trinajstić information content (AvgIpc) is 2.92. The zero-order valence-corrected chi connectivity index (χ0v) is 10.7. The number of benzene rings is 1. The molecule has 0 bridgehead atoms. The molecule has 2 rings (SSSR count). The third kappa shape index (κ3) is 3.47. The van der Waals surface area contributed by atoms with Crippen molar-refractivity contribution in [1.82, 2.24) is 10.6 Å². The molecule has 0 saturated carbocycles. The molecule has 4 nitrogen and oxygen atoms in total. The van der Waals surface area contributed by atoms with Crippen molar-refractivity contribution in [3.05, 3.63) is 29.8 Å². The van der Waals surface area contributed by atoms with E-state index < -0.39 is 0 Å². The number of amides is 1. The zero-order valence-electron chi connectivity index (χ0n) is 10.7. The molecule has 0 spiro atoms. The lowest BCUT2D eigenvalue weighted by molar-refractivity contribution is 0.0951. The first-order chi connectivity index (χ1) is 8.79. The Morgan fingerprint density at radius 3 is 3.17 bits per heavy atom. The van der Waals surface area contributed by atoms with Gasteiger partial charge in [0.25, 0.3) is 5.91 Å². The molecule has 18 heavy (non-hydrogen) atoms. The van der Waals surface area contributed by atoms with E-state index in [1.807, 2.05) is 12.1 Å². The van der Waals surface area contributed by atoms with Crippen LogP contribution in [0.4, 0.5) is 0 Å². The van der Waals surface area contributed by atoms with Crippen molar-refractivity contribution < 1.29 is 9.53 Å². The van der Waals surface area contributed by atoms with Crippen molar-refractivity contribution in [3.8, 4) is 5.75 Å². The summed E-state index contributed by atoms with van der Waals surface area (Å²) < 4.78 is 5.10. The summed E-state index contributed by atoms with van der Waals surface area (Å²) in [6.07, 6.45) is 2.26. The van der Waals surface area contributed by atoms with Crippen LogP contribution in [0.25, 0.3) is 0 Å². The number of carbonyl (C=O) groups is 1. The second-order valence-corrected chi connectivity index (χ2v) is 4.64. The van der Waals surface area contributed by atoms with Crippen LogP contribution in [-0.2, 0) is 0 Å². The van der Waals surface area contributed by atoms with Gasteiger partial charge in [-0.05, 0) is 50.0 Å². The van der Waals surface area contributed by atoms with Crippen LogP contribution >= 0.6 is 0 Å². The lowest BCUT2D eigenvalue weighted by atomic mass is 10.1. The molecule has 0 radical (unpaired) electrons. The Labute approximate surface area is 108 Å². The van der Waals surface area contributed by atoms with E-state index in [2.05, 4.69) is 10.6 Å². The third-order valence-corrected chi connectivity index (χ3v) is 3.33. The summed E-state index contributed by atoms with van der Waals surface area (Å²) >= 11 is 0. The molecule has 0 aromatic heterocycles. The van der Waals surface area contributed by atoms with Crippen LogP contribution in [0.5, 0.6) is 5.75 Å². The Morgan fingerprint density at radius 1 is 1.56 bits per heavy atom. The fourth-order valence-corrected chi connectivity index (χ4v) is 2.22. The van der Waals surface area contributed by atoms with E-state index in [-0.39, 0.29) is 5.91 Å². The van der Waals surface area contributed by atoms with Gasteiger partial charge in [-0.1, -0.05) is 6.07 Å². The van der Waals surface area contributed by atoms with Gasteiger partial charge >= 0.3 is 0 Å². The Bertz CT molecular complexity index is 401. The number of rotatable bonds is 5. The molecule has 1 amide bonds. The monoisotopic (exact) mass is 248 g/mol. The van der Waals surface area contributed by atoms with E-state index in [9.17, 15) is 4.79 Å². The molecule has 1 unspecified atom stereocenters. The highest BCUT2D eigenvalue weighted by Crippen LogP contribution is 2.13. The molecule has 1 aromatic carbocycles. The van der Waals surface area contributed by atoms with E-state index in [1.165, 1.54) is 6.42 Å². The van der Waals surface area contributed by atoms with Gasteiger partial charge in [-0.25, -0.2) is 0 Å². The van der Waals surface area contributed by atoms with Crippen LogP contribution in [-0.4, -0.2) is 32.7 Å². The van der Waals surface area contributed by atoms with Gasteiger partial charge < -0.3 is 15.4 Å². The van der Waals surface area contributed by atoms with Gasteiger partial charge in [0, 0.05) is 12.1 Å². The van der Waals surface area contributed by atoms with Crippen LogP contribution < -0.4 is 15.4 Å². The standard InChI is InChI=1S/C14H20N2O2/c1-18-13-4-2-3-12(9-13)14(17)16-8-6-11-5-7-15-10-11/h2-4,9,11,15H,5-8,10H2,1H3,(H,16,17). The summed E-state index contributed by atoms with van der Waals surface area (Å²) in [7, 11) is 1.60. The lowest BCUT2D eigenvalue weighted by Gasteiger charge is -2.09. The van der Waals surface area contributed by atoms with E-state index in [1.54, 1.807) is 19.2 Å². The van der Waals surface area contributed by atoms with E-state index in [4.69, 9.17) is 4.74 Å². The largest absolute Gasteiger partial charge is 0.497 e. The highest BCUT2D eigenvalue weighted by atomic mass is 16.5. The van der Waals surface area contributed by atoms with Crippen LogP contribution in [0, 0.1) is 5.92 Å². The normalized spacial score (nSPS) is 18.6. The number of methoxy groups -OCH3 is 1.